The van der Waals surface area contributed by atoms with Crippen LogP contribution in [0.1, 0.15) is 45.9 Å². The summed E-state index contributed by atoms with van der Waals surface area (Å²) in [5.74, 6) is 0. The van der Waals surface area contributed by atoms with Crippen molar-refractivity contribution in [2.24, 2.45) is 0 Å². The number of aromatic nitrogens is 1. The van der Waals surface area contributed by atoms with Crippen molar-refractivity contribution in [3.8, 4) is 0 Å². The van der Waals surface area contributed by atoms with Gasteiger partial charge in [0.15, 0.2) is 0 Å². The molecule has 1 aromatic rings. The fourth-order valence-corrected chi connectivity index (χ4v) is 1.22. The summed E-state index contributed by atoms with van der Waals surface area (Å²) in [6.45, 7) is 13.6. The molecule has 1 aromatic heterocycles. The van der Waals surface area contributed by atoms with Gasteiger partial charge < -0.3 is 5.11 Å². The Labute approximate surface area is 118 Å². The van der Waals surface area contributed by atoms with Crippen LogP contribution in [-0.2, 0) is 6.61 Å². The monoisotopic (exact) mass is 261 g/mol. The first-order chi connectivity index (χ1) is 9.31. The van der Waals surface area contributed by atoms with Crippen LogP contribution in [0.3, 0.4) is 0 Å². The van der Waals surface area contributed by atoms with Gasteiger partial charge in [0, 0.05) is 6.20 Å². The fourth-order valence-electron chi connectivity index (χ4n) is 1.22. The minimum atomic E-state index is 0.0252. The Hall–Kier alpha value is -1.67. The molecule has 0 fully saturated rings. The van der Waals surface area contributed by atoms with Gasteiger partial charge in [0.05, 0.1) is 12.3 Å². The van der Waals surface area contributed by atoms with Gasteiger partial charge in [-0.05, 0) is 24.1 Å². The number of hydrogen-bond donors (Lipinski definition) is 1. The molecule has 0 radical (unpaired) electrons. The molecule has 0 atom stereocenters. The third-order valence-electron chi connectivity index (χ3n) is 1.95. The molecule has 19 heavy (non-hydrogen) atoms. The molecule has 1 N–H and O–H groups in total. The third kappa shape index (κ3) is 8.11. The van der Waals surface area contributed by atoms with Crippen LogP contribution in [0, 0.1) is 0 Å². The molecule has 106 valence electrons. The Morgan fingerprint density at radius 3 is 2.26 bits per heavy atom. The molecule has 0 spiro atoms. The molecule has 0 aliphatic carbocycles. The lowest BCUT2D eigenvalue weighted by molar-refractivity contribution is 0.281. The number of rotatable bonds is 4. The Morgan fingerprint density at radius 1 is 1.26 bits per heavy atom. The van der Waals surface area contributed by atoms with Crippen LogP contribution >= 0.6 is 0 Å². The van der Waals surface area contributed by atoms with Crippen LogP contribution < -0.4 is 0 Å². The summed E-state index contributed by atoms with van der Waals surface area (Å²) in [6.07, 6.45) is 9.24. The first-order valence-electron chi connectivity index (χ1n) is 6.83. The number of pyridine rings is 1. The van der Waals surface area contributed by atoms with Crippen molar-refractivity contribution < 1.29 is 5.11 Å². The molecule has 0 aliphatic rings. The zero-order chi connectivity index (χ0) is 15.1. The van der Waals surface area contributed by atoms with Crippen LogP contribution in [0.5, 0.6) is 0 Å². The minimum Gasteiger partial charge on any atom is -0.392 e. The first kappa shape index (κ1) is 19.7. The van der Waals surface area contributed by atoms with Crippen molar-refractivity contribution in [3.63, 3.8) is 0 Å². The van der Waals surface area contributed by atoms with Crippen molar-refractivity contribution in [3.05, 3.63) is 60.5 Å². The number of aliphatic hydroxyl groups excluding tert-OH is 1. The van der Waals surface area contributed by atoms with Gasteiger partial charge in [-0.3, -0.25) is 4.98 Å². The van der Waals surface area contributed by atoms with E-state index in [-0.39, 0.29) is 6.61 Å². The van der Waals surface area contributed by atoms with E-state index in [9.17, 15) is 0 Å². The van der Waals surface area contributed by atoms with Crippen molar-refractivity contribution in [2.45, 2.75) is 41.2 Å². The second-order valence-electron chi connectivity index (χ2n) is 3.07. The van der Waals surface area contributed by atoms with Crippen LogP contribution in [-0.4, -0.2) is 10.1 Å². The van der Waals surface area contributed by atoms with E-state index in [1.54, 1.807) is 12.3 Å². The highest BCUT2D eigenvalue weighted by molar-refractivity contribution is 5.72. The summed E-state index contributed by atoms with van der Waals surface area (Å²) in [7, 11) is 0. The van der Waals surface area contributed by atoms with E-state index in [1.807, 2.05) is 65.0 Å². The van der Waals surface area contributed by atoms with Gasteiger partial charge in [0.25, 0.3) is 0 Å². The maximum absolute atomic E-state index is 8.89. The molecule has 0 amide bonds. The van der Waals surface area contributed by atoms with Crippen LogP contribution in [0.15, 0.2) is 49.2 Å². The summed E-state index contributed by atoms with van der Waals surface area (Å²) in [5, 5.41) is 8.89. The van der Waals surface area contributed by atoms with Gasteiger partial charge in [0.1, 0.15) is 0 Å². The average molecular weight is 261 g/mol. The van der Waals surface area contributed by atoms with Crippen molar-refractivity contribution in [1.29, 1.82) is 0 Å². The largest absolute Gasteiger partial charge is 0.392 e. The zero-order valence-electron chi connectivity index (χ0n) is 12.9. The lowest BCUT2D eigenvalue weighted by Gasteiger charge is -2.01. The summed E-state index contributed by atoms with van der Waals surface area (Å²) in [5.41, 5.74) is 2.71. The highest BCUT2D eigenvalue weighted by atomic mass is 16.3. The number of aliphatic hydroxyl groups is 1. The maximum Gasteiger partial charge on any atom is 0.0702 e. The summed E-state index contributed by atoms with van der Waals surface area (Å²) in [4.78, 5) is 4.26. The number of hydrogen-bond acceptors (Lipinski definition) is 2. The van der Waals surface area contributed by atoms with Gasteiger partial charge in [-0.25, -0.2) is 0 Å². The molecule has 1 heterocycles. The smallest absolute Gasteiger partial charge is 0.0702 e. The van der Waals surface area contributed by atoms with E-state index in [4.69, 9.17) is 5.11 Å². The van der Waals surface area contributed by atoms with Crippen molar-refractivity contribution in [2.75, 3.05) is 0 Å². The molecule has 2 nitrogen and oxygen atoms in total. The van der Waals surface area contributed by atoms with E-state index in [0.29, 0.717) is 0 Å². The Morgan fingerprint density at radius 2 is 1.89 bits per heavy atom. The summed E-state index contributed by atoms with van der Waals surface area (Å²) < 4.78 is 0. The Bertz CT molecular complexity index is 375. The third-order valence-corrected chi connectivity index (χ3v) is 1.95. The molecule has 0 saturated heterocycles. The highest BCUT2D eigenvalue weighted by Crippen LogP contribution is 2.14. The van der Waals surface area contributed by atoms with Gasteiger partial charge in [-0.1, -0.05) is 64.6 Å². The summed E-state index contributed by atoms with van der Waals surface area (Å²) >= 11 is 0. The molecule has 2 heteroatoms. The number of allylic oxidation sites excluding steroid dienone is 5. The molecule has 0 aromatic carbocycles. The minimum absolute atomic E-state index is 0.0252. The summed E-state index contributed by atoms with van der Waals surface area (Å²) in [6, 6.07) is 3.75. The second kappa shape index (κ2) is 14.4. The quantitative estimate of drug-likeness (QED) is 0.792. The SMILES string of the molecule is C=C/C=C(\C=C/C)c1ccc(CO)cn1.CC.CC. The Balaban J connectivity index is 0. The van der Waals surface area contributed by atoms with E-state index in [2.05, 4.69) is 11.6 Å². The standard InChI is InChI=1S/C13H15NO.2C2H6/c1-3-5-12(6-4-2)13-8-7-11(10-15)9-14-13;2*1-2/h3-9,15H,1,10H2,2H3;2*1-2H3/b6-4-,12-5+;;. The van der Waals surface area contributed by atoms with Gasteiger partial charge in [-0.2, -0.15) is 0 Å². The Kier molecular flexibility index (Phi) is 14.9. The second-order valence-corrected chi connectivity index (χ2v) is 3.07. The maximum atomic E-state index is 8.89. The molecular formula is C17H27NO. The molecular weight excluding hydrogens is 234 g/mol. The van der Waals surface area contributed by atoms with Gasteiger partial charge >= 0.3 is 0 Å². The van der Waals surface area contributed by atoms with E-state index in [0.717, 1.165) is 16.8 Å². The molecule has 0 unspecified atom stereocenters. The molecule has 1 rings (SSSR count). The van der Waals surface area contributed by atoms with Crippen LogP contribution in [0.4, 0.5) is 0 Å². The van der Waals surface area contributed by atoms with Crippen molar-refractivity contribution in [1.82, 2.24) is 4.98 Å². The normalized spacial score (nSPS) is 10.1. The first-order valence-corrected chi connectivity index (χ1v) is 6.83. The van der Waals surface area contributed by atoms with Gasteiger partial charge in [-0.15, -0.1) is 0 Å². The van der Waals surface area contributed by atoms with E-state index < -0.39 is 0 Å². The lowest BCUT2D eigenvalue weighted by atomic mass is 10.1. The van der Waals surface area contributed by atoms with Crippen molar-refractivity contribution >= 4 is 5.57 Å². The lowest BCUT2D eigenvalue weighted by Crippen LogP contribution is -1.90. The van der Waals surface area contributed by atoms with Crippen LogP contribution in [0.2, 0.25) is 0 Å². The van der Waals surface area contributed by atoms with E-state index >= 15 is 0 Å². The zero-order valence-corrected chi connectivity index (χ0v) is 12.9. The van der Waals surface area contributed by atoms with E-state index in [1.165, 1.54) is 0 Å². The predicted octanol–water partition coefficient (Wildman–Crippen LogP) is 4.77. The fraction of sp³-hybridized carbons (Fsp3) is 0.353. The molecule has 0 saturated carbocycles. The topological polar surface area (TPSA) is 33.1 Å². The predicted molar refractivity (Wildman–Crippen MR) is 85.8 cm³/mol. The van der Waals surface area contributed by atoms with Crippen LogP contribution in [0.25, 0.3) is 5.57 Å². The average Bonchev–Trinajstić information content (AvgIpc) is 2.51. The number of nitrogens with zero attached hydrogens (tertiary/aromatic N) is 1. The molecule has 0 aliphatic heterocycles. The molecule has 0 bridgehead atoms. The van der Waals surface area contributed by atoms with Gasteiger partial charge in [0.2, 0.25) is 0 Å². The highest BCUT2D eigenvalue weighted by Gasteiger charge is 1.98.